The van der Waals surface area contributed by atoms with Crippen molar-refractivity contribution in [1.29, 1.82) is 0 Å². The van der Waals surface area contributed by atoms with E-state index in [1.165, 1.54) is 0 Å². The zero-order valence-electron chi connectivity index (χ0n) is 12.8. The van der Waals surface area contributed by atoms with Gasteiger partial charge in [0, 0.05) is 6.54 Å². The van der Waals surface area contributed by atoms with E-state index < -0.39 is 12.0 Å². The number of aliphatic carboxylic acids is 1. The summed E-state index contributed by atoms with van der Waals surface area (Å²) in [5.74, 6) is 0.165. The van der Waals surface area contributed by atoms with Gasteiger partial charge in [-0.15, -0.1) is 0 Å². The van der Waals surface area contributed by atoms with Gasteiger partial charge in [0.1, 0.15) is 6.04 Å². The maximum absolute atomic E-state index is 11.2. The lowest BCUT2D eigenvalue weighted by molar-refractivity contribution is -0.140. The summed E-state index contributed by atoms with van der Waals surface area (Å²) in [7, 11) is 1.54. The molecule has 1 aromatic carbocycles. The Labute approximate surface area is 130 Å². The van der Waals surface area contributed by atoms with Crippen LogP contribution in [0, 0.1) is 5.92 Å². The molecule has 118 valence electrons. The molecule has 0 amide bonds. The van der Waals surface area contributed by atoms with Gasteiger partial charge < -0.3 is 19.9 Å². The van der Waals surface area contributed by atoms with E-state index in [9.17, 15) is 4.79 Å². The van der Waals surface area contributed by atoms with Gasteiger partial charge in [-0.3, -0.25) is 4.79 Å². The summed E-state index contributed by atoms with van der Waals surface area (Å²) in [6, 6.07) is 2.94. The first-order valence-electron chi connectivity index (χ1n) is 6.86. The fourth-order valence-corrected chi connectivity index (χ4v) is 2.28. The lowest BCUT2D eigenvalue weighted by Crippen LogP contribution is -2.40. The van der Waals surface area contributed by atoms with E-state index in [4.69, 9.17) is 26.2 Å². The van der Waals surface area contributed by atoms with E-state index in [1.807, 2.05) is 20.8 Å². The number of ether oxygens (including phenoxy) is 2. The van der Waals surface area contributed by atoms with E-state index in [0.29, 0.717) is 29.7 Å². The third kappa shape index (κ3) is 4.79. The van der Waals surface area contributed by atoms with Crippen molar-refractivity contribution in [2.45, 2.75) is 33.4 Å². The molecule has 2 N–H and O–H groups in total. The number of carbonyl (C=O) groups is 1. The summed E-state index contributed by atoms with van der Waals surface area (Å²) in [5.41, 5.74) is 0.840. The lowest BCUT2D eigenvalue weighted by Gasteiger charge is -2.19. The first-order chi connectivity index (χ1) is 9.90. The van der Waals surface area contributed by atoms with Crippen LogP contribution in [0.2, 0.25) is 5.02 Å². The fraction of sp³-hybridized carbons (Fsp3) is 0.533. The molecule has 5 nitrogen and oxygen atoms in total. The lowest BCUT2D eigenvalue weighted by atomic mass is 10.0. The summed E-state index contributed by atoms with van der Waals surface area (Å²) >= 11 is 6.18. The second-order valence-corrected chi connectivity index (χ2v) is 5.39. The van der Waals surface area contributed by atoms with Crippen LogP contribution in [0.25, 0.3) is 0 Å². The molecule has 0 spiro atoms. The van der Waals surface area contributed by atoms with E-state index in [1.54, 1.807) is 19.2 Å². The summed E-state index contributed by atoms with van der Waals surface area (Å²) in [6.45, 7) is 6.46. The highest BCUT2D eigenvalue weighted by atomic mass is 35.5. The molecule has 0 saturated heterocycles. The second-order valence-electron chi connectivity index (χ2n) is 4.98. The molecule has 6 heteroatoms. The summed E-state index contributed by atoms with van der Waals surface area (Å²) in [6.07, 6.45) is 0. The van der Waals surface area contributed by atoms with Crippen LogP contribution in [0.3, 0.4) is 0 Å². The smallest absolute Gasteiger partial charge is 0.320 e. The highest BCUT2D eigenvalue weighted by molar-refractivity contribution is 6.32. The predicted molar refractivity (Wildman–Crippen MR) is 82.3 cm³/mol. The number of halogens is 1. The highest BCUT2D eigenvalue weighted by Gasteiger charge is 2.21. The minimum atomic E-state index is -0.867. The molecule has 0 radical (unpaired) electrons. The number of hydrogen-bond acceptors (Lipinski definition) is 4. The Morgan fingerprint density at radius 3 is 2.57 bits per heavy atom. The van der Waals surface area contributed by atoms with Gasteiger partial charge in [0.15, 0.2) is 11.5 Å². The Morgan fingerprint density at radius 2 is 2.10 bits per heavy atom. The van der Waals surface area contributed by atoms with Gasteiger partial charge in [0.2, 0.25) is 0 Å². The molecule has 0 heterocycles. The largest absolute Gasteiger partial charge is 0.493 e. The summed E-state index contributed by atoms with van der Waals surface area (Å²) < 4.78 is 10.7. The van der Waals surface area contributed by atoms with Crippen LogP contribution in [-0.2, 0) is 11.3 Å². The minimum absolute atomic E-state index is 0.0115. The number of hydrogen-bond donors (Lipinski definition) is 2. The molecule has 0 unspecified atom stereocenters. The molecule has 0 aliphatic heterocycles. The minimum Gasteiger partial charge on any atom is -0.493 e. The van der Waals surface area contributed by atoms with Crippen molar-refractivity contribution < 1.29 is 19.4 Å². The van der Waals surface area contributed by atoms with Crippen molar-refractivity contribution >= 4 is 17.6 Å². The van der Waals surface area contributed by atoms with Crippen LogP contribution in [-0.4, -0.2) is 30.8 Å². The van der Waals surface area contributed by atoms with Crippen LogP contribution in [0.5, 0.6) is 11.5 Å². The quantitative estimate of drug-likeness (QED) is 0.772. The average molecular weight is 316 g/mol. The molecule has 1 atom stereocenters. The maximum Gasteiger partial charge on any atom is 0.320 e. The SMILES string of the molecule is CCOc1c(Cl)cc(CN[C@H](C(=O)O)C(C)C)cc1OC. The van der Waals surface area contributed by atoms with E-state index >= 15 is 0 Å². The zero-order valence-corrected chi connectivity index (χ0v) is 13.5. The van der Waals surface area contributed by atoms with Gasteiger partial charge in [-0.2, -0.15) is 0 Å². The van der Waals surface area contributed by atoms with Crippen LogP contribution >= 0.6 is 11.6 Å². The molecule has 1 aromatic rings. The molecular formula is C15H22ClNO4. The first-order valence-corrected chi connectivity index (χ1v) is 7.23. The molecule has 0 bridgehead atoms. The molecule has 21 heavy (non-hydrogen) atoms. The molecule has 0 aliphatic carbocycles. The normalized spacial score (nSPS) is 12.3. The molecule has 0 fully saturated rings. The Balaban J connectivity index is 2.89. The fourth-order valence-electron chi connectivity index (χ4n) is 2.00. The van der Waals surface area contributed by atoms with Crippen molar-refractivity contribution in [2.75, 3.05) is 13.7 Å². The standard InChI is InChI=1S/C15H22ClNO4/c1-5-21-14-11(16)6-10(7-12(14)20-4)8-17-13(9(2)3)15(18)19/h6-7,9,13,17H,5,8H2,1-4H3,(H,18,19)/t13-/m0/s1. The molecular weight excluding hydrogens is 294 g/mol. The van der Waals surface area contributed by atoms with Gasteiger partial charge in [-0.25, -0.2) is 0 Å². The van der Waals surface area contributed by atoms with Crippen molar-refractivity contribution in [3.63, 3.8) is 0 Å². The third-order valence-electron chi connectivity index (χ3n) is 3.04. The monoisotopic (exact) mass is 315 g/mol. The second kappa shape index (κ2) is 8.10. The van der Waals surface area contributed by atoms with Crippen LogP contribution in [0.1, 0.15) is 26.3 Å². The third-order valence-corrected chi connectivity index (χ3v) is 3.32. The van der Waals surface area contributed by atoms with Crippen LogP contribution in [0.15, 0.2) is 12.1 Å². The van der Waals surface area contributed by atoms with Gasteiger partial charge in [-0.1, -0.05) is 25.4 Å². The van der Waals surface area contributed by atoms with Crippen LogP contribution < -0.4 is 14.8 Å². The number of nitrogens with one attached hydrogen (secondary N) is 1. The average Bonchev–Trinajstić information content (AvgIpc) is 2.40. The van der Waals surface area contributed by atoms with E-state index in [0.717, 1.165) is 5.56 Å². The Hall–Kier alpha value is -1.46. The topological polar surface area (TPSA) is 67.8 Å². The van der Waals surface area contributed by atoms with Crippen molar-refractivity contribution in [1.82, 2.24) is 5.32 Å². The number of benzene rings is 1. The number of rotatable bonds is 8. The van der Waals surface area contributed by atoms with Crippen LogP contribution in [0.4, 0.5) is 0 Å². The Bertz CT molecular complexity index is 491. The zero-order chi connectivity index (χ0) is 16.0. The van der Waals surface area contributed by atoms with Gasteiger partial charge in [-0.05, 0) is 30.5 Å². The summed E-state index contributed by atoms with van der Waals surface area (Å²) in [4.78, 5) is 11.2. The van der Waals surface area contributed by atoms with Gasteiger partial charge >= 0.3 is 5.97 Å². The van der Waals surface area contributed by atoms with Gasteiger partial charge in [0.05, 0.1) is 18.7 Å². The van der Waals surface area contributed by atoms with Crippen molar-refractivity contribution in [3.05, 3.63) is 22.7 Å². The van der Waals surface area contributed by atoms with Crippen molar-refractivity contribution in [2.24, 2.45) is 5.92 Å². The maximum atomic E-state index is 11.2. The van der Waals surface area contributed by atoms with E-state index in [-0.39, 0.29) is 5.92 Å². The van der Waals surface area contributed by atoms with Crippen molar-refractivity contribution in [3.8, 4) is 11.5 Å². The predicted octanol–water partition coefficient (Wildman–Crippen LogP) is 2.95. The molecule has 0 aliphatic rings. The molecule has 1 rings (SSSR count). The van der Waals surface area contributed by atoms with Gasteiger partial charge in [0.25, 0.3) is 0 Å². The number of methoxy groups -OCH3 is 1. The highest BCUT2D eigenvalue weighted by Crippen LogP contribution is 2.36. The first kappa shape index (κ1) is 17.6. The Morgan fingerprint density at radius 1 is 1.43 bits per heavy atom. The Kier molecular flexibility index (Phi) is 6.78. The summed E-state index contributed by atoms with van der Waals surface area (Å²) in [5, 5.41) is 12.6. The van der Waals surface area contributed by atoms with E-state index in [2.05, 4.69) is 5.32 Å². The molecule has 0 saturated carbocycles. The number of carboxylic acid groups (broad SMARTS) is 1. The number of carboxylic acids is 1. The molecule has 0 aromatic heterocycles.